The van der Waals surface area contributed by atoms with Crippen molar-refractivity contribution in [2.75, 3.05) is 27.7 Å². The van der Waals surface area contributed by atoms with E-state index in [0.717, 1.165) is 12.8 Å². The Kier molecular flexibility index (Phi) is 12.4. The number of carbonyl (C=O) groups is 2. The van der Waals surface area contributed by atoms with Gasteiger partial charge in [0.15, 0.2) is 6.10 Å². The molecular formula is C20H33NO4. The van der Waals surface area contributed by atoms with Crippen molar-refractivity contribution in [1.82, 2.24) is 0 Å². The molecule has 0 aromatic rings. The minimum absolute atomic E-state index is 0.292. The third-order valence-corrected chi connectivity index (χ3v) is 3.28. The second-order valence-electron chi connectivity index (χ2n) is 7.07. The minimum atomic E-state index is -1.22. The normalized spacial score (nSPS) is 13.8. The molecule has 0 fully saturated rings. The van der Waals surface area contributed by atoms with Gasteiger partial charge in [-0.3, -0.25) is 0 Å². The lowest BCUT2D eigenvalue weighted by atomic mass is 10.2. The van der Waals surface area contributed by atoms with Gasteiger partial charge in [-0.25, -0.2) is 4.79 Å². The quantitative estimate of drug-likeness (QED) is 0.168. The van der Waals surface area contributed by atoms with E-state index in [9.17, 15) is 14.7 Å². The lowest BCUT2D eigenvalue weighted by Gasteiger charge is -2.29. The van der Waals surface area contributed by atoms with Crippen LogP contribution in [0, 0.1) is 0 Å². The number of aliphatic carboxylic acids is 1. The summed E-state index contributed by atoms with van der Waals surface area (Å²) >= 11 is 0. The zero-order valence-electron chi connectivity index (χ0n) is 16.1. The number of quaternary nitrogens is 1. The number of nitrogens with zero attached hydrogens (tertiary/aromatic N) is 1. The molecule has 0 aliphatic heterocycles. The maximum Gasteiger partial charge on any atom is 0.330 e. The van der Waals surface area contributed by atoms with Gasteiger partial charge in [0.1, 0.15) is 6.54 Å². The average molecular weight is 351 g/mol. The first-order chi connectivity index (χ1) is 11.7. The summed E-state index contributed by atoms with van der Waals surface area (Å²) in [6.07, 6.45) is 15.5. The molecule has 0 aliphatic carbocycles. The van der Waals surface area contributed by atoms with Crippen LogP contribution in [0.5, 0.6) is 0 Å². The molecule has 25 heavy (non-hydrogen) atoms. The molecule has 142 valence electrons. The maximum atomic E-state index is 11.8. The smallest absolute Gasteiger partial charge is 0.330 e. The SMILES string of the molecule is CCCC/C=C/C/C=C/C/C=C/C(=O)OC(CC(=O)[O-])C[N+](C)(C)C. The Hall–Kier alpha value is -1.88. The number of hydrogen-bond donors (Lipinski definition) is 0. The second-order valence-corrected chi connectivity index (χ2v) is 7.07. The summed E-state index contributed by atoms with van der Waals surface area (Å²) in [4.78, 5) is 22.6. The first-order valence-corrected chi connectivity index (χ1v) is 8.92. The van der Waals surface area contributed by atoms with Crippen molar-refractivity contribution in [1.29, 1.82) is 0 Å². The average Bonchev–Trinajstić information content (AvgIpc) is 2.46. The number of hydrogen-bond acceptors (Lipinski definition) is 4. The first kappa shape index (κ1) is 23.1. The Labute approximate surface area is 152 Å². The van der Waals surface area contributed by atoms with Crippen molar-refractivity contribution < 1.29 is 23.9 Å². The molecule has 0 aromatic heterocycles. The predicted molar refractivity (Wildman–Crippen MR) is 98.6 cm³/mol. The van der Waals surface area contributed by atoms with E-state index in [1.165, 1.54) is 18.9 Å². The molecule has 0 N–H and O–H groups in total. The van der Waals surface area contributed by atoms with Crippen molar-refractivity contribution in [3.8, 4) is 0 Å². The van der Waals surface area contributed by atoms with Gasteiger partial charge in [0.05, 0.1) is 21.1 Å². The Morgan fingerprint density at radius 1 is 1.04 bits per heavy atom. The molecule has 1 atom stereocenters. The lowest BCUT2D eigenvalue weighted by molar-refractivity contribution is -0.873. The van der Waals surface area contributed by atoms with Crippen LogP contribution >= 0.6 is 0 Å². The summed E-state index contributed by atoms with van der Waals surface area (Å²) in [6, 6.07) is 0. The van der Waals surface area contributed by atoms with E-state index < -0.39 is 18.0 Å². The molecular weight excluding hydrogens is 318 g/mol. The third kappa shape index (κ3) is 16.8. The number of likely N-dealkylation sites (N-methyl/N-ethyl adjacent to an activating group) is 1. The molecule has 5 heteroatoms. The molecule has 0 saturated carbocycles. The van der Waals surface area contributed by atoms with Crippen molar-refractivity contribution in [2.45, 2.75) is 51.6 Å². The van der Waals surface area contributed by atoms with Gasteiger partial charge < -0.3 is 19.1 Å². The van der Waals surface area contributed by atoms with Gasteiger partial charge in [0.25, 0.3) is 0 Å². The van der Waals surface area contributed by atoms with Gasteiger partial charge in [0, 0.05) is 18.5 Å². The Balaban J connectivity index is 4.17. The van der Waals surface area contributed by atoms with Gasteiger partial charge in [-0.2, -0.15) is 0 Å². The van der Waals surface area contributed by atoms with Crippen molar-refractivity contribution >= 4 is 11.9 Å². The molecule has 0 bridgehead atoms. The number of esters is 1. The third-order valence-electron chi connectivity index (χ3n) is 3.28. The predicted octanol–water partition coefficient (Wildman–Crippen LogP) is 2.38. The number of carboxylic acid groups (broad SMARTS) is 1. The summed E-state index contributed by atoms with van der Waals surface area (Å²) < 4.78 is 5.73. The molecule has 0 aromatic carbocycles. The molecule has 1 unspecified atom stereocenters. The van der Waals surface area contributed by atoms with Crippen LogP contribution in [-0.2, 0) is 14.3 Å². The van der Waals surface area contributed by atoms with Crippen LogP contribution in [0.4, 0.5) is 0 Å². The lowest BCUT2D eigenvalue weighted by Crippen LogP contribution is -2.45. The fraction of sp³-hybridized carbons (Fsp3) is 0.600. The van der Waals surface area contributed by atoms with Gasteiger partial charge in [0.2, 0.25) is 0 Å². The number of carboxylic acids is 1. The van der Waals surface area contributed by atoms with E-state index >= 15 is 0 Å². The summed E-state index contributed by atoms with van der Waals surface area (Å²) in [5.41, 5.74) is 0. The highest BCUT2D eigenvalue weighted by Gasteiger charge is 2.21. The van der Waals surface area contributed by atoms with Crippen LogP contribution < -0.4 is 5.11 Å². The molecule has 0 spiro atoms. The Morgan fingerprint density at radius 2 is 1.64 bits per heavy atom. The minimum Gasteiger partial charge on any atom is -0.550 e. The van der Waals surface area contributed by atoms with Crippen molar-refractivity contribution in [3.05, 3.63) is 36.5 Å². The molecule has 0 rings (SSSR count). The largest absolute Gasteiger partial charge is 0.550 e. The van der Waals surface area contributed by atoms with Gasteiger partial charge in [-0.1, -0.05) is 50.1 Å². The molecule has 0 amide bonds. The van der Waals surface area contributed by atoms with Gasteiger partial charge >= 0.3 is 5.97 Å². The number of allylic oxidation sites excluding steroid dienone is 5. The van der Waals surface area contributed by atoms with Gasteiger partial charge in [-0.15, -0.1) is 0 Å². The second kappa shape index (κ2) is 13.4. The standard InChI is InChI=1S/C20H33NO4/c1-5-6-7-8-9-10-11-12-13-14-15-20(24)25-18(16-19(22)23)17-21(2,3)4/h8-9,11-12,14-15,18H,5-7,10,13,16-17H2,1-4H3/b9-8+,12-11+,15-14+. The van der Waals surface area contributed by atoms with E-state index in [1.807, 2.05) is 33.3 Å². The number of carbonyl (C=O) groups excluding carboxylic acids is 2. The van der Waals surface area contributed by atoms with Crippen LogP contribution in [-0.4, -0.2) is 50.2 Å². The molecule has 0 saturated heterocycles. The highest BCUT2D eigenvalue weighted by molar-refractivity contribution is 5.82. The van der Waals surface area contributed by atoms with Crippen LogP contribution in [0.3, 0.4) is 0 Å². The molecule has 5 nitrogen and oxygen atoms in total. The first-order valence-electron chi connectivity index (χ1n) is 8.92. The highest BCUT2D eigenvalue weighted by Crippen LogP contribution is 2.05. The van der Waals surface area contributed by atoms with Crippen LogP contribution in [0.25, 0.3) is 0 Å². The van der Waals surface area contributed by atoms with E-state index in [1.54, 1.807) is 6.08 Å². The molecule has 0 radical (unpaired) electrons. The van der Waals surface area contributed by atoms with Crippen LogP contribution in [0.1, 0.15) is 45.4 Å². The summed E-state index contributed by atoms with van der Waals surface area (Å²) in [5.74, 6) is -1.74. The molecule has 0 aliphatic rings. The van der Waals surface area contributed by atoms with E-state index in [4.69, 9.17) is 4.74 Å². The molecule has 0 heterocycles. The number of unbranched alkanes of at least 4 members (excludes halogenated alkanes) is 2. The van der Waals surface area contributed by atoms with E-state index in [-0.39, 0.29) is 6.42 Å². The Morgan fingerprint density at radius 3 is 2.20 bits per heavy atom. The highest BCUT2D eigenvalue weighted by atomic mass is 16.5. The monoisotopic (exact) mass is 351 g/mol. The van der Waals surface area contributed by atoms with E-state index in [0.29, 0.717) is 17.4 Å². The van der Waals surface area contributed by atoms with E-state index in [2.05, 4.69) is 19.1 Å². The summed E-state index contributed by atoms with van der Waals surface area (Å²) in [6.45, 7) is 2.59. The fourth-order valence-corrected chi connectivity index (χ4v) is 2.19. The maximum absolute atomic E-state index is 11.8. The zero-order chi connectivity index (χ0) is 19.1. The summed E-state index contributed by atoms with van der Waals surface area (Å²) in [5, 5.41) is 10.8. The zero-order valence-corrected chi connectivity index (χ0v) is 16.1. The topological polar surface area (TPSA) is 66.4 Å². The van der Waals surface area contributed by atoms with Crippen LogP contribution in [0.15, 0.2) is 36.5 Å². The van der Waals surface area contributed by atoms with Crippen molar-refractivity contribution in [2.24, 2.45) is 0 Å². The fourth-order valence-electron chi connectivity index (χ4n) is 2.19. The van der Waals surface area contributed by atoms with Crippen LogP contribution in [0.2, 0.25) is 0 Å². The van der Waals surface area contributed by atoms with Crippen molar-refractivity contribution in [3.63, 3.8) is 0 Å². The number of ether oxygens (including phenoxy) is 1. The number of rotatable bonds is 13. The van der Waals surface area contributed by atoms with Gasteiger partial charge in [-0.05, 0) is 19.3 Å². The Bertz CT molecular complexity index is 473. The summed E-state index contributed by atoms with van der Waals surface area (Å²) in [7, 11) is 5.73.